The Balaban J connectivity index is 1.88. The number of amides is 2. The Labute approximate surface area is 172 Å². The van der Waals surface area contributed by atoms with E-state index in [0.717, 1.165) is 30.2 Å². The summed E-state index contributed by atoms with van der Waals surface area (Å²) in [5.41, 5.74) is 5.49. The van der Waals surface area contributed by atoms with Crippen LogP contribution in [0.3, 0.4) is 0 Å². The molecule has 1 saturated carbocycles. The number of nitrogens with one attached hydrogen (secondary N) is 3. The van der Waals surface area contributed by atoms with E-state index in [2.05, 4.69) is 32.1 Å². The smallest absolute Gasteiger partial charge is 0.261 e. The number of methoxy groups -OCH3 is 1. The molecule has 1 fully saturated rings. The van der Waals surface area contributed by atoms with Gasteiger partial charge in [0.15, 0.2) is 5.11 Å². The normalized spacial score (nSPS) is 14.3. The first-order valence-corrected chi connectivity index (χ1v) is 10.0. The molecule has 0 bridgehead atoms. The van der Waals surface area contributed by atoms with Gasteiger partial charge in [0.2, 0.25) is 5.91 Å². The largest absolute Gasteiger partial charge is 0.490 e. The minimum atomic E-state index is -0.437. The van der Waals surface area contributed by atoms with Gasteiger partial charge in [0, 0.05) is 17.5 Å². The van der Waals surface area contributed by atoms with Crippen LogP contribution in [0.2, 0.25) is 0 Å². The fourth-order valence-corrected chi connectivity index (χ4v) is 3.33. The molecule has 27 heavy (non-hydrogen) atoms. The Hall–Kier alpha value is -1.71. The Bertz CT molecular complexity index is 681. The van der Waals surface area contributed by atoms with E-state index in [0.29, 0.717) is 24.5 Å². The maximum atomic E-state index is 12.5. The number of halogens is 1. The van der Waals surface area contributed by atoms with Crippen LogP contribution in [0.15, 0.2) is 22.7 Å². The molecule has 1 aliphatic rings. The lowest BCUT2D eigenvalue weighted by Crippen LogP contribution is -2.50. The fraction of sp³-hybridized carbons (Fsp3) is 0.500. The minimum absolute atomic E-state index is 0.00406. The van der Waals surface area contributed by atoms with Crippen molar-refractivity contribution in [1.82, 2.24) is 16.2 Å². The molecule has 0 unspecified atom stereocenters. The number of hydrazine groups is 1. The van der Waals surface area contributed by atoms with Gasteiger partial charge in [0.05, 0.1) is 12.2 Å². The molecule has 0 saturated heterocycles. The lowest BCUT2D eigenvalue weighted by molar-refractivity contribution is -0.126. The van der Waals surface area contributed by atoms with E-state index < -0.39 is 5.91 Å². The number of hydrogen-bond acceptors (Lipinski definition) is 5. The highest BCUT2D eigenvalue weighted by Crippen LogP contribution is 2.24. The summed E-state index contributed by atoms with van der Waals surface area (Å²) in [6.45, 7) is 0.725. The van der Waals surface area contributed by atoms with Crippen molar-refractivity contribution in [1.29, 1.82) is 0 Å². The maximum absolute atomic E-state index is 12.5. The Morgan fingerprint density at radius 3 is 2.63 bits per heavy atom. The molecule has 0 aromatic heterocycles. The molecule has 148 valence electrons. The topological polar surface area (TPSA) is 88.7 Å². The van der Waals surface area contributed by atoms with E-state index in [4.69, 9.17) is 21.7 Å². The van der Waals surface area contributed by atoms with Gasteiger partial charge in [-0.1, -0.05) is 35.2 Å². The summed E-state index contributed by atoms with van der Waals surface area (Å²) in [6, 6.07) is 5.11. The van der Waals surface area contributed by atoms with E-state index in [1.165, 1.54) is 6.42 Å². The summed E-state index contributed by atoms with van der Waals surface area (Å²) >= 11 is 8.44. The number of benzene rings is 1. The molecule has 2 rings (SSSR count). The van der Waals surface area contributed by atoms with Crippen LogP contribution in [0.1, 0.15) is 42.5 Å². The zero-order valence-corrected chi connectivity index (χ0v) is 17.6. The average Bonchev–Trinajstić information content (AvgIpc) is 2.68. The monoisotopic (exact) mass is 457 g/mol. The van der Waals surface area contributed by atoms with Crippen LogP contribution in [-0.2, 0) is 9.53 Å². The molecule has 2 amide bonds. The lowest BCUT2D eigenvalue weighted by atomic mass is 9.89. The zero-order chi connectivity index (χ0) is 19.6. The quantitative estimate of drug-likeness (QED) is 0.345. The summed E-state index contributed by atoms with van der Waals surface area (Å²) in [4.78, 5) is 24.6. The van der Waals surface area contributed by atoms with Crippen molar-refractivity contribution in [3.8, 4) is 5.75 Å². The van der Waals surface area contributed by atoms with Crippen LogP contribution in [0.5, 0.6) is 5.75 Å². The van der Waals surface area contributed by atoms with Crippen LogP contribution in [0.4, 0.5) is 0 Å². The first-order valence-electron chi connectivity index (χ1n) is 8.83. The third-order valence-corrected chi connectivity index (χ3v) is 4.93. The highest BCUT2D eigenvalue weighted by Gasteiger charge is 2.21. The van der Waals surface area contributed by atoms with Gasteiger partial charge < -0.3 is 9.47 Å². The van der Waals surface area contributed by atoms with Gasteiger partial charge in [-0.25, -0.2) is 0 Å². The highest BCUT2D eigenvalue weighted by molar-refractivity contribution is 9.10. The number of carbonyl (C=O) groups is 2. The summed E-state index contributed by atoms with van der Waals surface area (Å²) in [5.74, 6) is -0.122. The van der Waals surface area contributed by atoms with Gasteiger partial charge in [-0.15, -0.1) is 0 Å². The number of thiocarbonyl (C=S) groups is 1. The summed E-state index contributed by atoms with van der Waals surface area (Å²) < 4.78 is 11.3. The first kappa shape index (κ1) is 21.6. The van der Waals surface area contributed by atoms with Gasteiger partial charge in [-0.05, 0) is 43.3 Å². The molecular weight excluding hydrogens is 434 g/mol. The second-order valence-corrected chi connectivity index (χ2v) is 7.54. The van der Waals surface area contributed by atoms with Crippen LogP contribution < -0.4 is 20.9 Å². The van der Waals surface area contributed by atoms with Crippen molar-refractivity contribution in [2.45, 2.75) is 32.1 Å². The Morgan fingerprint density at radius 2 is 1.93 bits per heavy atom. The Morgan fingerprint density at radius 1 is 1.19 bits per heavy atom. The predicted molar refractivity (Wildman–Crippen MR) is 109 cm³/mol. The summed E-state index contributed by atoms with van der Waals surface area (Å²) in [7, 11) is 1.57. The van der Waals surface area contributed by atoms with E-state index in [9.17, 15) is 9.59 Å². The van der Waals surface area contributed by atoms with Crippen molar-refractivity contribution >= 4 is 45.1 Å². The lowest BCUT2D eigenvalue weighted by Gasteiger charge is -2.21. The first-order chi connectivity index (χ1) is 13.0. The third kappa shape index (κ3) is 7.08. The molecule has 0 spiro atoms. The van der Waals surface area contributed by atoms with Crippen molar-refractivity contribution in [2.24, 2.45) is 5.92 Å². The molecule has 7 nitrogen and oxygen atoms in total. The van der Waals surface area contributed by atoms with E-state index in [-0.39, 0.29) is 16.9 Å². The van der Waals surface area contributed by atoms with Crippen LogP contribution in [0, 0.1) is 5.92 Å². The second kappa shape index (κ2) is 11.2. The number of hydrogen-bond donors (Lipinski definition) is 3. The third-order valence-electron chi connectivity index (χ3n) is 4.23. The van der Waals surface area contributed by atoms with Gasteiger partial charge in [-0.3, -0.25) is 25.8 Å². The number of carbonyl (C=O) groups excluding carboxylic acids is 2. The van der Waals surface area contributed by atoms with Gasteiger partial charge in [0.25, 0.3) is 5.91 Å². The fourth-order valence-electron chi connectivity index (χ4n) is 2.83. The highest BCUT2D eigenvalue weighted by atomic mass is 79.9. The summed E-state index contributed by atoms with van der Waals surface area (Å²) in [6.07, 6.45) is 5.06. The number of ether oxygens (including phenoxy) is 2. The maximum Gasteiger partial charge on any atom is 0.261 e. The molecule has 0 atom stereocenters. The standard InChI is InChI=1S/C18H24BrN3O4S/c1-25-9-10-26-15-8-7-13(19)11-14(15)17(24)20-18(27)22-21-16(23)12-5-3-2-4-6-12/h7-8,11-12H,2-6,9-10H2,1H3,(H,21,23)(H2,20,22,24,27). The van der Waals surface area contributed by atoms with E-state index in [1.807, 2.05) is 0 Å². The van der Waals surface area contributed by atoms with Gasteiger partial charge in [0.1, 0.15) is 12.4 Å². The van der Waals surface area contributed by atoms with E-state index in [1.54, 1.807) is 25.3 Å². The molecular formula is C18H24BrN3O4S. The minimum Gasteiger partial charge on any atom is -0.490 e. The van der Waals surface area contributed by atoms with Crippen molar-refractivity contribution < 1.29 is 19.1 Å². The SMILES string of the molecule is COCCOc1ccc(Br)cc1C(=O)NC(=S)NNC(=O)C1CCCCC1. The summed E-state index contributed by atoms with van der Waals surface area (Å²) in [5, 5.41) is 2.57. The average molecular weight is 458 g/mol. The molecule has 0 radical (unpaired) electrons. The second-order valence-electron chi connectivity index (χ2n) is 6.21. The molecule has 1 aromatic rings. The van der Waals surface area contributed by atoms with Crippen molar-refractivity contribution in [3.05, 3.63) is 28.2 Å². The number of rotatable bonds is 6. The molecule has 0 aliphatic heterocycles. The molecule has 1 aromatic carbocycles. The molecule has 0 heterocycles. The van der Waals surface area contributed by atoms with Crippen molar-refractivity contribution in [2.75, 3.05) is 20.3 Å². The van der Waals surface area contributed by atoms with Crippen LogP contribution in [-0.4, -0.2) is 37.3 Å². The Kier molecular flexibility index (Phi) is 8.96. The van der Waals surface area contributed by atoms with E-state index >= 15 is 0 Å². The molecule has 9 heteroatoms. The van der Waals surface area contributed by atoms with Crippen molar-refractivity contribution in [3.63, 3.8) is 0 Å². The molecule has 1 aliphatic carbocycles. The predicted octanol–water partition coefficient (Wildman–Crippen LogP) is 2.69. The van der Waals surface area contributed by atoms with Gasteiger partial charge >= 0.3 is 0 Å². The van der Waals surface area contributed by atoms with Crippen LogP contribution in [0.25, 0.3) is 0 Å². The zero-order valence-electron chi connectivity index (χ0n) is 15.2. The molecule has 3 N–H and O–H groups in total. The van der Waals surface area contributed by atoms with Crippen LogP contribution >= 0.6 is 28.1 Å². The van der Waals surface area contributed by atoms with Gasteiger partial charge in [-0.2, -0.15) is 0 Å².